The third kappa shape index (κ3) is 2.37. The van der Waals surface area contributed by atoms with Crippen molar-refractivity contribution in [1.82, 2.24) is 10.3 Å². The molecule has 0 radical (unpaired) electrons. The SMILES string of the molecule is OCCCNCc1c[nH]c2ccccc12. The second-order valence-electron chi connectivity index (χ2n) is 3.61. The molecule has 0 fully saturated rings. The Bertz CT molecular complexity index is 422. The second kappa shape index (κ2) is 4.96. The van der Waals surface area contributed by atoms with Crippen LogP contribution in [0, 0.1) is 0 Å². The van der Waals surface area contributed by atoms with E-state index in [-0.39, 0.29) is 6.61 Å². The summed E-state index contributed by atoms with van der Waals surface area (Å²) < 4.78 is 0. The minimum absolute atomic E-state index is 0.251. The van der Waals surface area contributed by atoms with E-state index in [0.29, 0.717) is 0 Å². The van der Waals surface area contributed by atoms with Crippen LogP contribution in [0.2, 0.25) is 0 Å². The molecule has 15 heavy (non-hydrogen) atoms. The number of aromatic nitrogens is 1. The van der Waals surface area contributed by atoms with Gasteiger partial charge in [-0.05, 0) is 24.6 Å². The Kier molecular flexibility index (Phi) is 3.37. The van der Waals surface area contributed by atoms with E-state index in [2.05, 4.69) is 22.4 Å². The molecule has 2 rings (SSSR count). The molecular weight excluding hydrogens is 188 g/mol. The number of hydrogen-bond donors (Lipinski definition) is 3. The third-order valence-electron chi connectivity index (χ3n) is 2.50. The van der Waals surface area contributed by atoms with Crippen LogP contribution in [-0.2, 0) is 6.54 Å². The zero-order valence-corrected chi connectivity index (χ0v) is 8.66. The Morgan fingerprint density at radius 1 is 1.27 bits per heavy atom. The lowest BCUT2D eigenvalue weighted by Crippen LogP contribution is -2.15. The maximum Gasteiger partial charge on any atom is 0.0457 e. The lowest BCUT2D eigenvalue weighted by molar-refractivity contribution is 0.286. The summed E-state index contributed by atoms with van der Waals surface area (Å²) in [5, 5.41) is 13.2. The van der Waals surface area contributed by atoms with Crippen LogP contribution in [0.15, 0.2) is 30.5 Å². The summed E-state index contributed by atoms with van der Waals surface area (Å²) in [7, 11) is 0. The lowest BCUT2D eigenvalue weighted by atomic mass is 10.2. The summed E-state index contributed by atoms with van der Waals surface area (Å²) in [4.78, 5) is 3.24. The van der Waals surface area contributed by atoms with E-state index >= 15 is 0 Å². The molecule has 80 valence electrons. The van der Waals surface area contributed by atoms with Gasteiger partial charge in [-0.2, -0.15) is 0 Å². The van der Waals surface area contributed by atoms with E-state index in [1.54, 1.807) is 0 Å². The number of aromatic amines is 1. The minimum atomic E-state index is 0.251. The fraction of sp³-hybridized carbons (Fsp3) is 0.333. The van der Waals surface area contributed by atoms with E-state index < -0.39 is 0 Å². The molecule has 0 atom stereocenters. The fourth-order valence-corrected chi connectivity index (χ4v) is 1.70. The molecule has 3 nitrogen and oxygen atoms in total. The van der Waals surface area contributed by atoms with Crippen molar-refractivity contribution in [2.45, 2.75) is 13.0 Å². The van der Waals surface area contributed by atoms with Gasteiger partial charge in [-0.25, -0.2) is 0 Å². The number of H-pyrrole nitrogens is 1. The summed E-state index contributed by atoms with van der Waals surface area (Å²) in [6.07, 6.45) is 2.85. The van der Waals surface area contributed by atoms with Crippen molar-refractivity contribution in [2.75, 3.05) is 13.2 Å². The van der Waals surface area contributed by atoms with E-state index in [4.69, 9.17) is 5.11 Å². The van der Waals surface area contributed by atoms with E-state index in [1.165, 1.54) is 16.5 Å². The summed E-state index contributed by atoms with van der Waals surface area (Å²) in [6.45, 7) is 1.96. The summed E-state index contributed by atoms with van der Waals surface area (Å²) in [5.74, 6) is 0. The molecule has 0 saturated carbocycles. The topological polar surface area (TPSA) is 48.0 Å². The highest BCUT2D eigenvalue weighted by Gasteiger charge is 2.01. The van der Waals surface area contributed by atoms with Gasteiger partial charge in [0.1, 0.15) is 0 Å². The van der Waals surface area contributed by atoms with Crippen molar-refractivity contribution in [1.29, 1.82) is 0 Å². The van der Waals surface area contributed by atoms with Gasteiger partial charge in [0.15, 0.2) is 0 Å². The Morgan fingerprint density at radius 3 is 3.00 bits per heavy atom. The van der Waals surface area contributed by atoms with Crippen LogP contribution < -0.4 is 5.32 Å². The number of fused-ring (bicyclic) bond motifs is 1. The summed E-state index contributed by atoms with van der Waals surface area (Å²) >= 11 is 0. The summed E-state index contributed by atoms with van der Waals surface area (Å²) in [6, 6.07) is 8.27. The van der Waals surface area contributed by atoms with Gasteiger partial charge >= 0.3 is 0 Å². The molecule has 1 aromatic heterocycles. The van der Waals surface area contributed by atoms with Gasteiger partial charge in [0.2, 0.25) is 0 Å². The molecule has 3 heteroatoms. The van der Waals surface area contributed by atoms with Gasteiger partial charge in [0.05, 0.1) is 0 Å². The largest absolute Gasteiger partial charge is 0.396 e. The number of hydrogen-bond acceptors (Lipinski definition) is 2. The monoisotopic (exact) mass is 204 g/mol. The van der Waals surface area contributed by atoms with Crippen molar-refractivity contribution in [2.24, 2.45) is 0 Å². The highest BCUT2D eigenvalue weighted by Crippen LogP contribution is 2.16. The highest BCUT2D eigenvalue weighted by molar-refractivity contribution is 5.82. The number of aliphatic hydroxyl groups is 1. The molecule has 1 heterocycles. The fourth-order valence-electron chi connectivity index (χ4n) is 1.70. The van der Waals surface area contributed by atoms with Crippen LogP contribution in [0.25, 0.3) is 10.9 Å². The maximum absolute atomic E-state index is 8.65. The van der Waals surface area contributed by atoms with Gasteiger partial charge < -0.3 is 15.4 Å². The minimum Gasteiger partial charge on any atom is -0.396 e. The second-order valence-corrected chi connectivity index (χ2v) is 3.61. The van der Waals surface area contributed by atoms with Crippen LogP contribution in [-0.4, -0.2) is 23.2 Å². The van der Waals surface area contributed by atoms with Gasteiger partial charge in [-0.15, -0.1) is 0 Å². The Balaban J connectivity index is 2.02. The number of aliphatic hydroxyl groups excluding tert-OH is 1. The van der Waals surface area contributed by atoms with Crippen molar-refractivity contribution in [3.05, 3.63) is 36.0 Å². The Morgan fingerprint density at radius 2 is 2.13 bits per heavy atom. The molecule has 0 bridgehead atoms. The van der Waals surface area contributed by atoms with Crippen LogP contribution in [0.1, 0.15) is 12.0 Å². The predicted octanol–water partition coefficient (Wildman–Crippen LogP) is 1.64. The quantitative estimate of drug-likeness (QED) is 0.648. The van der Waals surface area contributed by atoms with E-state index in [9.17, 15) is 0 Å². The van der Waals surface area contributed by atoms with Crippen LogP contribution in [0.5, 0.6) is 0 Å². The molecule has 0 aliphatic heterocycles. The molecule has 0 amide bonds. The zero-order valence-electron chi connectivity index (χ0n) is 8.66. The average molecular weight is 204 g/mol. The van der Waals surface area contributed by atoms with E-state index in [1.807, 2.05) is 18.3 Å². The molecule has 1 aromatic carbocycles. The molecular formula is C12H16N2O. The first-order valence-corrected chi connectivity index (χ1v) is 5.28. The molecule has 0 spiro atoms. The highest BCUT2D eigenvalue weighted by atomic mass is 16.3. The van der Waals surface area contributed by atoms with Crippen LogP contribution >= 0.6 is 0 Å². The van der Waals surface area contributed by atoms with Crippen molar-refractivity contribution >= 4 is 10.9 Å². The van der Waals surface area contributed by atoms with Gasteiger partial charge in [-0.3, -0.25) is 0 Å². The van der Waals surface area contributed by atoms with Crippen LogP contribution in [0.4, 0.5) is 0 Å². The molecule has 0 saturated heterocycles. The number of nitrogens with one attached hydrogen (secondary N) is 2. The molecule has 2 aromatic rings. The van der Waals surface area contributed by atoms with Gasteiger partial charge in [0, 0.05) is 30.3 Å². The Hall–Kier alpha value is -1.32. The first-order chi connectivity index (χ1) is 7.42. The number of rotatable bonds is 5. The Labute approximate surface area is 89.1 Å². The number of para-hydroxylation sites is 1. The maximum atomic E-state index is 8.65. The van der Waals surface area contributed by atoms with Gasteiger partial charge in [-0.1, -0.05) is 18.2 Å². The average Bonchev–Trinajstić information content (AvgIpc) is 2.68. The smallest absolute Gasteiger partial charge is 0.0457 e. The van der Waals surface area contributed by atoms with Crippen molar-refractivity contribution < 1.29 is 5.11 Å². The molecule has 0 unspecified atom stereocenters. The lowest BCUT2D eigenvalue weighted by Gasteiger charge is -2.01. The standard InChI is InChI=1S/C12H16N2O/c15-7-3-6-13-8-10-9-14-12-5-2-1-4-11(10)12/h1-2,4-5,9,13-15H,3,6-8H2. The predicted molar refractivity (Wildman–Crippen MR) is 61.7 cm³/mol. The van der Waals surface area contributed by atoms with Crippen LogP contribution in [0.3, 0.4) is 0 Å². The van der Waals surface area contributed by atoms with Crippen molar-refractivity contribution in [3.8, 4) is 0 Å². The summed E-state index contributed by atoms with van der Waals surface area (Å²) in [5.41, 5.74) is 2.46. The molecule has 0 aliphatic carbocycles. The third-order valence-corrected chi connectivity index (χ3v) is 2.50. The van der Waals surface area contributed by atoms with Gasteiger partial charge in [0.25, 0.3) is 0 Å². The first-order valence-electron chi connectivity index (χ1n) is 5.28. The van der Waals surface area contributed by atoms with Crippen molar-refractivity contribution in [3.63, 3.8) is 0 Å². The number of benzene rings is 1. The van der Waals surface area contributed by atoms with E-state index in [0.717, 1.165) is 19.5 Å². The normalized spacial score (nSPS) is 11.0. The molecule has 0 aliphatic rings. The first kappa shape index (κ1) is 10.2. The zero-order chi connectivity index (χ0) is 10.5. The molecule has 3 N–H and O–H groups in total.